The van der Waals surface area contributed by atoms with Gasteiger partial charge in [-0.3, -0.25) is 4.98 Å². The Labute approximate surface area is 142 Å². The molecule has 0 radical (unpaired) electrons. The number of pyridine rings is 1. The normalized spacial score (nSPS) is 11.4. The first-order valence-electron chi connectivity index (χ1n) is 7.96. The van der Waals surface area contributed by atoms with Crippen molar-refractivity contribution in [2.24, 2.45) is 0 Å². The van der Waals surface area contributed by atoms with E-state index in [2.05, 4.69) is 20.4 Å². The number of rotatable bonds is 3. The van der Waals surface area contributed by atoms with Crippen molar-refractivity contribution < 1.29 is 4.42 Å². The minimum atomic E-state index is 0.419. The van der Waals surface area contributed by atoms with Crippen molar-refractivity contribution in [3.8, 4) is 11.4 Å². The smallest absolute Gasteiger partial charge is 0.204 e. The Morgan fingerprint density at radius 1 is 0.960 bits per heavy atom. The van der Waals surface area contributed by atoms with Gasteiger partial charge in [0.15, 0.2) is 0 Å². The van der Waals surface area contributed by atoms with Crippen molar-refractivity contribution >= 4 is 21.9 Å². The van der Waals surface area contributed by atoms with Crippen LogP contribution >= 0.6 is 0 Å². The Bertz CT molecular complexity index is 1180. The third kappa shape index (κ3) is 2.44. The summed E-state index contributed by atoms with van der Waals surface area (Å²) in [5.41, 5.74) is 2.69. The van der Waals surface area contributed by atoms with E-state index in [-0.39, 0.29) is 0 Å². The van der Waals surface area contributed by atoms with E-state index in [0.29, 0.717) is 12.4 Å². The number of nitrogens with zero attached hydrogens (tertiary/aromatic N) is 5. The van der Waals surface area contributed by atoms with Crippen LogP contribution in [0.25, 0.3) is 33.3 Å². The molecule has 5 rings (SSSR count). The fourth-order valence-electron chi connectivity index (χ4n) is 2.91. The van der Waals surface area contributed by atoms with Gasteiger partial charge in [-0.1, -0.05) is 42.5 Å². The fraction of sp³-hybridized carbons (Fsp3) is 0.0526. The summed E-state index contributed by atoms with van der Waals surface area (Å²) in [6.07, 6.45) is 1.83. The Morgan fingerprint density at radius 2 is 1.80 bits per heavy atom. The maximum absolute atomic E-state index is 6.03. The number of hydrogen-bond acceptors (Lipinski definition) is 5. The van der Waals surface area contributed by atoms with E-state index >= 15 is 0 Å². The lowest BCUT2D eigenvalue weighted by atomic mass is 10.2. The lowest BCUT2D eigenvalue weighted by Crippen LogP contribution is -2.02. The second-order valence-corrected chi connectivity index (χ2v) is 5.78. The van der Waals surface area contributed by atoms with Gasteiger partial charge in [-0.2, -0.15) is 4.80 Å². The highest BCUT2D eigenvalue weighted by Gasteiger charge is 2.11. The monoisotopic (exact) mass is 327 g/mol. The predicted molar refractivity (Wildman–Crippen MR) is 93.9 cm³/mol. The number of benzene rings is 2. The van der Waals surface area contributed by atoms with E-state index in [1.807, 2.05) is 66.9 Å². The molecule has 0 saturated heterocycles. The van der Waals surface area contributed by atoms with E-state index in [1.165, 1.54) is 4.80 Å². The molecule has 0 N–H and O–H groups in total. The van der Waals surface area contributed by atoms with Crippen LogP contribution in [-0.2, 0) is 6.54 Å². The number of hydrogen-bond donors (Lipinski definition) is 0. The number of tetrazole rings is 1. The molecule has 120 valence electrons. The van der Waals surface area contributed by atoms with Crippen molar-refractivity contribution in [3.05, 3.63) is 72.6 Å². The van der Waals surface area contributed by atoms with Gasteiger partial charge >= 0.3 is 0 Å². The van der Waals surface area contributed by atoms with Gasteiger partial charge in [0.25, 0.3) is 0 Å². The molecule has 5 aromatic rings. The first-order chi connectivity index (χ1) is 12.4. The van der Waals surface area contributed by atoms with Gasteiger partial charge < -0.3 is 4.42 Å². The molecule has 0 amide bonds. The molecular formula is C19H13N5O. The summed E-state index contributed by atoms with van der Waals surface area (Å²) in [5, 5.41) is 14.6. The third-order valence-electron chi connectivity index (χ3n) is 4.09. The fourth-order valence-corrected chi connectivity index (χ4v) is 2.91. The molecule has 0 spiro atoms. The van der Waals surface area contributed by atoms with Crippen molar-refractivity contribution in [2.75, 3.05) is 0 Å². The maximum Gasteiger partial charge on any atom is 0.204 e. The number of furan rings is 1. The molecule has 0 aliphatic rings. The Morgan fingerprint density at radius 3 is 2.72 bits per heavy atom. The van der Waals surface area contributed by atoms with Crippen molar-refractivity contribution in [2.45, 2.75) is 6.54 Å². The van der Waals surface area contributed by atoms with Crippen LogP contribution in [0.3, 0.4) is 0 Å². The Balaban J connectivity index is 1.50. The Kier molecular flexibility index (Phi) is 3.06. The highest BCUT2D eigenvalue weighted by atomic mass is 16.3. The average Bonchev–Trinajstić information content (AvgIpc) is 3.29. The molecule has 6 heteroatoms. The predicted octanol–water partition coefficient (Wildman–Crippen LogP) is 3.68. The van der Waals surface area contributed by atoms with Crippen molar-refractivity contribution in [3.63, 3.8) is 0 Å². The molecule has 0 fully saturated rings. The second kappa shape index (κ2) is 5.52. The van der Waals surface area contributed by atoms with Crippen LogP contribution in [0.1, 0.15) is 5.76 Å². The summed E-state index contributed by atoms with van der Waals surface area (Å²) >= 11 is 0. The summed E-state index contributed by atoms with van der Waals surface area (Å²) in [6.45, 7) is 0.419. The lowest BCUT2D eigenvalue weighted by molar-refractivity contribution is 0.475. The maximum atomic E-state index is 6.03. The number of para-hydroxylation sites is 1. The molecule has 6 nitrogen and oxygen atoms in total. The minimum absolute atomic E-state index is 0.419. The highest BCUT2D eigenvalue weighted by molar-refractivity contribution is 6.01. The highest BCUT2D eigenvalue weighted by Crippen LogP contribution is 2.26. The van der Waals surface area contributed by atoms with E-state index in [1.54, 1.807) is 0 Å². The first-order valence-corrected chi connectivity index (χ1v) is 7.96. The summed E-state index contributed by atoms with van der Waals surface area (Å²) in [6, 6.07) is 19.7. The summed E-state index contributed by atoms with van der Waals surface area (Å²) in [4.78, 5) is 6.00. The molecule has 25 heavy (non-hydrogen) atoms. The van der Waals surface area contributed by atoms with Gasteiger partial charge in [0.05, 0.1) is 5.52 Å². The average molecular weight is 327 g/mol. The SMILES string of the molecule is c1ccc(-c2nnn(Cc3cc4cnc5ccccc5c4o3)n2)cc1. The molecule has 0 bridgehead atoms. The lowest BCUT2D eigenvalue weighted by Gasteiger charge is -1.96. The quantitative estimate of drug-likeness (QED) is 0.505. The molecule has 0 saturated carbocycles. The molecule has 0 aliphatic carbocycles. The van der Waals surface area contributed by atoms with Gasteiger partial charge in [0.1, 0.15) is 17.9 Å². The molecule has 3 aromatic heterocycles. The largest absolute Gasteiger partial charge is 0.458 e. The van der Waals surface area contributed by atoms with Gasteiger partial charge in [0, 0.05) is 22.5 Å². The molecule has 2 aromatic carbocycles. The van der Waals surface area contributed by atoms with Gasteiger partial charge in [0.2, 0.25) is 5.82 Å². The van der Waals surface area contributed by atoms with E-state index < -0.39 is 0 Å². The van der Waals surface area contributed by atoms with Crippen LogP contribution in [0.15, 0.2) is 71.3 Å². The third-order valence-corrected chi connectivity index (χ3v) is 4.09. The molecular weight excluding hydrogens is 314 g/mol. The van der Waals surface area contributed by atoms with E-state index in [4.69, 9.17) is 4.42 Å². The molecule has 0 atom stereocenters. The van der Waals surface area contributed by atoms with Crippen LogP contribution in [0.5, 0.6) is 0 Å². The van der Waals surface area contributed by atoms with Crippen LogP contribution in [0.4, 0.5) is 0 Å². The molecule has 3 heterocycles. The summed E-state index contributed by atoms with van der Waals surface area (Å²) < 4.78 is 6.03. The molecule has 0 unspecified atom stereocenters. The van der Waals surface area contributed by atoms with E-state index in [9.17, 15) is 0 Å². The summed E-state index contributed by atoms with van der Waals surface area (Å²) in [5.74, 6) is 1.37. The topological polar surface area (TPSA) is 69.6 Å². The zero-order valence-electron chi connectivity index (χ0n) is 13.2. The van der Waals surface area contributed by atoms with Crippen LogP contribution in [0.2, 0.25) is 0 Å². The minimum Gasteiger partial charge on any atom is -0.458 e. The molecule has 0 aliphatic heterocycles. The second-order valence-electron chi connectivity index (χ2n) is 5.78. The zero-order chi connectivity index (χ0) is 16.6. The first kappa shape index (κ1) is 13.9. The van der Waals surface area contributed by atoms with Gasteiger partial charge in [-0.15, -0.1) is 10.2 Å². The summed E-state index contributed by atoms with van der Waals surface area (Å²) in [7, 11) is 0. The van der Waals surface area contributed by atoms with Crippen molar-refractivity contribution in [1.29, 1.82) is 0 Å². The van der Waals surface area contributed by atoms with Gasteiger partial charge in [-0.05, 0) is 23.4 Å². The number of aromatic nitrogens is 5. The Hall–Kier alpha value is -3.54. The van der Waals surface area contributed by atoms with Crippen LogP contribution in [-0.4, -0.2) is 25.2 Å². The number of fused-ring (bicyclic) bond motifs is 3. The van der Waals surface area contributed by atoms with Crippen LogP contribution in [0, 0.1) is 0 Å². The van der Waals surface area contributed by atoms with Gasteiger partial charge in [-0.25, -0.2) is 0 Å². The standard InChI is InChI=1S/C19H13N5O/c1-2-6-13(7-3-1)19-21-23-24(22-19)12-15-10-14-11-20-17-9-5-4-8-16(17)18(14)25-15/h1-11H,12H2. The van der Waals surface area contributed by atoms with E-state index in [0.717, 1.165) is 33.2 Å². The van der Waals surface area contributed by atoms with Crippen LogP contribution < -0.4 is 0 Å². The zero-order valence-corrected chi connectivity index (χ0v) is 13.2. The van der Waals surface area contributed by atoms with Crippen molar-refractivity contribution in [1.82, 2.24) is 25.2 Å².